The highest BCUT2D eigenvalue weighted by Gasteiger charge is 2.08. The standard InChI is InChI=1S/C12H11Cl2N3O2/c1-2-16-6-5-10(18)17(12(16)19)7-8-3-4-9(13)15-11(8)14/h3-6H,2,7H2,1H3. The van der Waals surface area contributed by atoms with E-state index in [-0.39, 0.29) is 28.1 Å². The van der Waals surface area contributed by atoms with Gasteiger partial charge in [-0.1, -0.05) is 29.3 Å². The summed E-state index contributed by atoms with van der Waals surface area (Å²) < 4.78 is 2.55. The number of hydrogen-bond acceptors (Lipinski definition) is 3. The van der Waals surface area contributed by atoms with Gasteiger partial charge >= 0.3 is 5.69 Å². The second-order valence-electron chi connectivity index (χ2n) is 3.89. The lowest BCUT2D eigenvalue weighted by Gasteiger charge is -2.09. The lowest BCUT2D eigenvalue weighted by atomic mass is 10.3. The van der Waals surface area contributed by atoms with Gasteiger partial charge in [-0.3, -0.25) is 9.36 Å². The maximum absolute atomic E-state index is 12.0. The molecule has 0 radical (unpaired) electrons. The van der Waals surface area contributed by atoms with Crippen LogP contribution in [-0.4, -0.2) is 14.1 Å². The second kappa shape index (κ2) is 5.59. The molecule has 0 saturated heterocycles. The third-order valence-corrected chi connectivity index (χ3v) is 3.24. The van der Waals surface area contributed by atoms with E-state index < -0.39 is 0 Å². The first-order valence-corrected chi connectivity index (χ1v) is 6.39. The molecule has 0 atom stereocenters. The van der Waals surface area contributed by atoms with Crippen molar-refractivity contribution in [1.29, 1.82) is 0 Å². The average molecular weight is 300 g/mol. The lowest BCUT2D eigenvalue weighted by molar-refractivity contribution is 0.599. The molecule has 2 aromatic rings. The van der Waals surface area contributed by atoms with Crippen LogP contribution >= 0.6 is 23.2 Å². The smallest absolute Gasteiger partial charge is 0.301 e. The van der Waals surface area contributed by atoms with Crippen molar-refractivity contribution in [3.63, 3.8) is 0 Å². The minimum atomic E-state index is -0.374. The zero-order chi connectivity index (χ0) is 14.0. The van der Waals surface area contributed by atoms with Crippen LogP contribution < -0.4 is 11.2 Å². The van der Waals surface area contributed by atoms with Gasteiger partial charge < -0.3 is 4.57 Å². The lowest BCUT2D eigenvalue weighted by Crippen LogP contribution is -2.39. The van der Waals surface area contributed by atoms with Gasteiger partial charge in [0.05, 0.1) is 6.54 Å². The van der Waals surface area contributed by atoms with Gasteiger partial charge in [-0.05, 0) is 13.0 Å². The number of pyridine rings is 1. The van der Waals surface area contributed by atoms with Crippen molar-refractivity contribution in [1.82, 2.24) is 14.1 Å². The summed E-state index contributed by atoms with van der Waals surface area (Å²) in [5.41, 5.74) is -0.180. The van der Waals surface area contributed by atoms with Gasteiger partial charge in [0.1, 0.15) is 10.3 Å². The highest BCUT2D eigenvalue weighted by molar-refractivity contribution is 6.32. The fourth-order valence-corrected chi connectivity index (χ4v) is 2.08. The van der Waals surface area contributed by atoms with Crippen molar-refractivity contribution in [2.45, 2.75) is 20.0 Å². The third-order valence-electron chi connectivity index (χ3n) is 2.70. The van der Waals surface area contributed by atoms with Crippen molar-refractivity contribution in [2.75, 3.05) is 0 Å². The van der Waals surface area contributed by atoms with E-state index in [1.807, 2.05) is 6.92 Å². The number of nitrogens with zero attached hydrogens (tertiary/aromatic N) is 3. The maximum Gasteiger partial charge on any atom is 0.331 e. The molecule has 0 bridgehead atoms. The quantitative estimate of drug-likeness (QED) is 0.812. The van der Waals surface area contributed by atoms with E-state index in [1.54, 1.807) is 12.1 Å². The van der Waals surface area contributed by atoms with Crippen molar-refractivity contribution in [2.24, 2.45) is 0 Å². The molecule has 0 aromatic carbocycles. The van der Waals surface area contributed by atoms with Crippen LogP contribution in [0.15, 0.2) is 34.0 Å². The highest BCUT2D eigenvalue weighted by Crippen LogP contribution is 2.16. The van der Waals surface area contributed by atoms with Crippen LogP contribution in [0.2, 0.25) is 10.3 Å². The van der Waals surface area contributed by atoms with Crippen LogP contribution in [0.4, 0.5) is 0 Å². The minimum absolute atomic E-state index is 0.0709. The zero-order valence-corrected chi connectivity index (χ0v) is 11.6. The van der Waals surface area contributed by atoms with Crippen LogP contribution in [-0.2, 0) is 13.1 Å². The summed E-state index contributed by atoms with van der Waals surface area (Å²) in [6.45, 7) is 2.39. The van der Waals surface area contributed by atoms with Crippen LogP contribution in [0.3, 0.4) is 0 Å². The van der Waals surface area contributed by atoms with Gasteiger partial charge in [-0.15, -0.1) is 0 Å². The van der Waals surface area contributed by atoms with Crippen LogP contribution in [0.5, 0.6) is 0 Å². The summed E-state index contributed by atoms with van der Waals surface area (Å²) in [4.78, 5) is 27.7. The molecule has 2 rings (SSSR count). The Kier molecular flexibility index (Phi) is 4.07. The highest BCUT2D eigenvalue weighted by atomic mass is 35.5. The molecule has 5 nitrogen and oxygen atoms in total. The van der Waals surface area contributed by atoms with Crippen LogP contribution in [0.25, 0.3) is 0 Å². The Morgan fingerprint density at radius 3 is 2.58 bits per heavy atom. The molecular weight excluding hydrogens is 289 g/mol. The third kappa shape index (κ3) is 2.88. The zero-order valence-electron chi connectivity index (χ0n) is 10.1. The van der Waals surface area contributed by atoms with Gasteiger partial charge in [0.25, 0.3) is 5.56 Å². The molecule has 0 aliphatic rings. The number of aromatic nitrogens is 3. The van der Waals surface area contributed by atoms with Gasteiger partial charge in [-0.2, -0.15) is 0 Å². The van der Waals surface area contributed by atoms with Crippen molar-refractivity contribution >= 4 is 23.2 Å². The Hall–Kier alpha value is -1.59. The average Bonchev–Trinajstić information content (AvgIpc) is 2.37. The molecule has 19 heavy (non-hydrogen) atoms. The van der Waals surface area contributed by atoms with Crippen molar-refractivity contribution in [3.05, 3.63) is 61.1 Å². The van der Waals surface area contributed by atoms with Gasteiger partial charge in [0, 0.05) is 24.4 Å². The molecule has 7 heteroatoms. The molecule has 0 spiro atoms. The Morgan fingerprint density at radius 2 is 1.95 bits per heavy atom. The van der Waals surface area contributed by atoms with E-state index >= 15 is 0 Å². The van der Waals surface area contributed by atoms with Crippen molar-refractivity contribution < 1.29 is 0 Å². The summed E-state index contributed by atoms with van der Waals surface area (Å²) in [7, 11) is 0. The molecule has 2 aromatic heterocycles. The molecular formula is C12H11Cl2N3O2. The molecule has 0 unspecified atom stereocenters. The fourth-order valence-electron chi connectivity index (χ4n) is 1.67. The predicted molar refractivity (Wildman–Crippen MR) is 74.0 cm³/mol. The molecule has 0 fully saturated rings. The number of aryl methyl sites for hydroxylation is 1. The summed E-state index contributed by atoms with van der Waals surface area (Å²) in [6.07, 6.45) is 1.48. The first-order chi connectivity index (χ1) is 9.02. The van der Waals surface area contributed by atoms with Gasteiger partial charge in [-0.25, -0.2) is 9.78 Å². The summed E-state index contributed by atoms with van der Waals surface area (Å²) in [5, 5.41) is 0.450. The van der Waals surface area contributed by atoms with Crippen LogP contribution in [0.1, 0.15) is 12.5 Å². The molecule has 0 aliphatic carbocycles. The van der Waals surface area contributed by atoms with E-state index in [9.17, 15) is 9.59 Å². The molecule has 0 saturated carbocycles. The fraction of sp³-hybridized carbons (Fsp3) is 0.250. The Labute approximate surface area is 119 Å². The topological polar surface area (TPSA) is 56.9 Å². The number of hydrogen-bond donors (Lipinski definition) is 0. The Bertz CT molecular complexity index is 722. The Morgan fingerprint density at radius 1 is 1.21 bits per heavy atom. The molecule has 0 amide bonds. The first-order valence-electron chi connectivity index (χ1n) is 5.64. The second-order valence-corrected chi connectivity index (χ2v) is 4.64. The molecule has 2 heterocycles. The number of rotatable bonds is 3. The minimum Gasteiger partial charge on any atom is -0.301 e. The number of halogens is 2. The summed E-state index contributed by atoms with van der Waals surface area (Å²) in [5.74, 6) is 0. The van der Waals surface area contributed by atoms with Crippen LogP contribution in [0, 0.1) is 0 Å². The predicted octanol–water partition coefficient (Wildman–Crippen LogP) is 1.78. The summed E-state index contributed by atoms with van der Waals surface area (Å²) in [6, 6.07) is 4.56. The van der Waals surface area contributed by atoms with Gasteiger partial charge in [0.15, 0.2) is 0 Å². The maximum atomic E-state index is 12.0. The largest absolute Gasteiger partial charge is 0.331 e. The molecule has 100 valence electrons. The van der Waals surface area contributed by atoms with Crippen molar-refractivity contribution in [3.8, 4) is 0 Å². The van der Waals surface area contributed by atoms with E-state index in [4.69, 9.17) is 23.2 Å². The Balaban J connectivity index is 2.49. The van der Waals surface area contributed by atoms with Gasteiger partial charge in [0.2, 0.25) is 0 Å². The summed E-state index contributed by atoms with van der Waals surface area (Å²) >= 11 is 11.6. The normalized spacial score (nSPS) is 10.7. The SMILES string of the molecule is CCn1ccc(=O)n(Cc2ccc(Cl)nc2Cl)c1=O. The van der Waals surface area contributed by atoms with E-state index in [0.717, 1.165) is 4.57 Å². The van der Waals surface area contributed by atoms with E-state index in [0.29, 0.717) is 12.1 Å². The molecule has 0 N–H and O–H groups in total. The van der Waals surface area contributed by atoms with E-state index in [1.165, 1.54) is 16.8 Å². The molecule has 0 aliphatic heterocycles. The monoisotopic (exact) mass is 299 g/mol. The first kappa shape index (κ1) is 13.8. The van der Waals surface area contributed by atoms with E-state index in [2.05, 4.69) is 4.98 Å².